The van der Waals surface area contributed by atoms with Crippen LogP contribution in [-0.2, 0) is 4.74 Å². The number of amides is 1. The van der Waals surface area contributed by atoms with Gasteiger partial charge in [0, 0.05) is 31.2 Å². The number of benzene rings is 1. The summed E-state index contributed by atoms with van der Waals surface area (Å²) in [7, 11) is 0. The van der Waals surface area contributed by atoms with E-state index in [1.54, 1.807) is 0 Å². The topological polar surface area (TPSA) is 49.8 Å². The predicted molar refractivity (Wildman–Crippen MR) is 77.4 cm³/mol. The average Bonchev–Trinajstić information content (AvgIpc) is 2.47. The van der Waals surface area contributed by atoms with Crippen molar-refractivity contribution in [3.63, 3.8) is 0 Å². The molecule has 1 aromatic carbocycles. The number of hydrogen-bond acceptors (Lipinski definition) is 3. The number of nitrogens with zero attached hydrogens (tertiary/aromatic N) is 1. The highest BCUT2D eigenvalue weighted by molar-refractivity contribution is 5.94. The van der Waals surface area contributed by atoms with Crippen molar-refractivity contribution in [2.75, 3.05) is 19.7 Å². The molecule has 1 unspecified atom stereocenters. The maximum absolute atomic E-state index is 12.4. The molecule has 4 nitrogen and oxygen atoms in total. The molecule has 1 fully saturated rings. The summed E-state index contributed by atoms with van der Waals surface area (Å²) in [6, 6.07) is 7.68. The van der Waals surface area contributed by atoms with E-state index in [9.17, 15) is 9.90 Å². The molecule has 1 N–H and O–H groups in total. The van der Waals surface area contributed by atoms with E-state index in [4.69, 9.17) is 4.74 Å². The fourth-order valence-electron chi connectivity index (χ4n) is 2.66. The van der Waals surface area contributed by atoms with Crippen LogP contribution in [0, 0.1) is 12.8 Å². The summed E-state index contributed by atoms with van der Waals surface area (Å²) in [6.07, 6.45) is 0.883. The van der Waals surface area contributed by atoms with E-state index < -0.39 is 6.29 Å². The third-order valence-corrected chi connectivity index (χ3v) is 3.83. The lowest BCUT2D eigenvalue weighted by Gasteiger charge is -2.34. The summed E-state index contributed by atoms with van der Waals surface area (Å²) in [5, 5.41) is 9.83. The van der Waals surface area contributed by atoms with Gasteiger partial charge in [0.05, 0.1) is 0 Å². The fraction of sp³-hybridized carbons (Fsp3) is 0.562. The lowest BCUT2D eigenvalue weighted by atomic mass is 9.95. The molecule has 0 aromatic heterocycles. The van der Waals surface area contributed by atoms with Crippen molar-refractivity contribution in [3.05, 3.63) is 35.4 Å². The highest BCUT2D eigenvalue weighted by atomic mass is 16.6. The summed E-state index contributed by atoms with van der Waals surface area (Å²) in [4.78, 5) is 14.3. The zero-order chi connectivity index (χ0) is 14.5. The number of likely N-dealkylation sites (tertiary alicyclic amines) is 1. The number of carbonyl (C=O) groups excluding carboxylic acids is 1. The molecular weight excluding hydrogens is 254 g/mol. The second kappa shape index (κ2) is 6.86. The molecule has 0 radical (unpaired) electrons. The first-order chi connectivity index (χ1) is 9.61. The molecule has 0 bridgehead atoms. The van der Waals surface area contributed by atoms with Crippen LogP contribution in [-0.4, -0.2) is 41.9 Å². The summed E-state index contributed by atoms with van der Waals surface area (Å²) in [5.41, 5.74) is 1.84. The van der Waals surface area contributed by atoms with Crippen molar-refractivity contribution in [1.82, 2.24) is 4.90 Å². The van der Waals surface area contributed by atoms with E-state index in [1.165, 1.54) is 0 Å². The van der Waals surface area contributed by atoms with Gasteiger partial charge < -0.3 is 14.7 Å². The van der Waals surface area contributed by atoms with E-state index >= 15 is 0 Å². The van der Waals surface area contributed by atoms with Gasteiger partial charge in [-0.2, -0.15) is 0 Å². The van der Waals surface area contributed by atoms with Gasteiger partial charge in [-0.3, -0.25) is 4.79 Å². The predicted octanol–water partition coefficient (Wildman–Crippen LogP) is 2.20. The lowest BCUT2D eigenvalue weighted by Crippen LogP contribution is -2.41. The van der Waals surface area contributed by atoms with Gasteiger partial charge in [-0.25, -0.2) is 0 Å². The lowest BCUT2D eigenvalue weighted by molar-refractivity contribution is -0.139. The molecule has 2 rings (SSSR count). The van der Waals surface area contributed by atoms with E-state index in [1.807, 2.05) is 43.0 Å². The van der Waals surface area contributed by atoms with Gasteiger partial charge in [-0.15, -0.1) is 0 Å². The van der Waals surface area contributed by atoms with Crippen LogP contribution < -0.4 is 0 Å². The molecule has 1 amide bonds. The minimum absolute atomic E-state index is 0.0815. The molecule has 1 atom stereocenters. The molecule has 1 aliphatic rings. The van der Waals surface area contributed by atoms with Crippen molar-refractivity contribution in [1.29, 1.82) is 0 Å². The normalized spacial score (nSPS) is 18.1. The second-order valence-corrected chi connectivity index (χ2v) is 5.35. The van der Waals surface area contributed by atoms with Crippen LogP contribution >= 0.6 is 0 Å². The van der Waals surface area contributed by atoms with Crippen molar-refractivity contribution in [2.24, 2.45) is 5.92 Å². The number of carbonyl (C=O) groups is 1. The molecule has 1 saturated heterocycles. The van der Waals surface area contributed by atoms with E-state index in [0.29, 0.717) is 19.7 Å². The molecule has 1 aliphatic heterocycles. The molecule has 0 aliphatic carbocycles. The second-order valence-electron chi connectivity index (χ2n) is 5.35. The first-order valence-corrected chi connectivity index (χ1v) is 7.27. The summed E-state index contributed by atoms with van der Waals surface area (Å²) < 4.78 is 5.23. The highest BCUT2D eigenvalue weighted by Crippen LogP contribution is 2.22. The summed E-state index contributed by atoms with van der Waals surface area (Å²) >= 11 is 0. The number of piperidine rings is 1. The maximum Gasteiger partial charge on any atom is 0.253 e. The minimum Gasteiger partial charge on any atom is -0.368 e. The standard InChI is InChI=1S/C16H23NO3/c1-3-20-16(19)13-7-9-17(10-8-13)15(18)14-6-4-5-12(2)11-14/h4-6,11,13,16,19H,3,7-10H2,1-2H3. The molecule has 0 saturated carbocycles. The number of rotatable bonds is 4. The highest BCUT2D eigenvalue weighted by Gasteiger charge is 2.28. The van der Waals surface area contributed by atoms with E-state index in [0.717, 1.165) is 24.0 Å². The van der Waals surface area contributed by atoms with Gasteiger partial charge in [-0.1, -0.05) is 17.7 Å². The summed E-state index contributed by atoms with van der Waals surface area (Å²) in [5.74, 6) is 0.217. The van der Waals surface area contributed by atoms with Crippen LogP contribution in [0.25, 0.3) is 0 Å². The van der Waals surface area contributed by atoms with Crippen LogP contribution in [0.5, 0.6) is 0 Å². The molecular formula is C16H23NO3. The Labute approximate surface area is 120 Å². The van der Waals surface area contributed by atoms with E-state index in [2.05, 4.69) is 0 Å². The molecule has 0 spiro atoms. The molecule has 110 valence electrons. The Morgan fingerprint density at radius 2 is 2.15 bits per heavy atom. The Morgan fingerprint density at radius 3 is 2.75 bits per heavy atom. The van der Waals surface area contributed by atoms with Crippen LogP contribution in [0.2, 0.25) is 0 Å². The Bertz CT molecular complexity index is 453. The molecule has 1 heterocycles. The first kappa shape index (κ1) is 15.0. The van der Waals surface area contributed by atoms with Gasteiger partial charge in [0.2, 0.25) is 0 Å². The quantitative estimate of drug-likeness (QED) is 0.858. The van der Waals surface area contributed by atoms with Crippen LogP contribution in [0.1, 0.15) is 35.7 Å². The molecule has 20 heavy (non-hydrogen) atoms. The Kier molecular flexibility index (Phi) is 5.15. The van der Waals surface area contributed by atoms with Gasteiger partial charge in [0.25, 0.3) is 5.91 Å². The number of ether oxygens (including phenoxy) is 1. The van der Waals surface area contributed by atoms with Crippen LogP contribution in [0.15, 0.2) is 24.3 Å². The van der Waals surface area contributed by atoms with Gasteiger partial charge in [0.15, 0.2) is 6.29 Å². The maximum atomic E-state index is 12.4. The Balaban J connectivity index is 1.92. The largest absolute Gasteiger partial charge is 0.368 e. The van der Waals surface area contributed by atoms with Crippen molar-refractivity contribution in [2.45, 2.75) is 33.0 Å². The number of hydrogen-bond donors (Lipinski definition) is 1. The zero-order valence-electron chi connectivity index (χ0n) is 12.2. The third-order valence-electron chi connectivity index (χ3n) is 3.83. The number of aryl methyl sites for hydroxylation is 1. The number of aliphatic hydroxyl groups is 1. The summed E-state index contributed by atoms with van der Waals surface area (Å²) in [6.45, 7) is 5.74. The van der Waals surface area contributed by atoms with Gasteiger partial charge in [0.1, 0.15) is 0 Å². The van der Waals surface area contributed by atoms with Crippen molar-refractivity contribution >= 4 is 5.91 Å². The zero-order valence-corrected chi connectivity index (χ0v) is 12.2. The van der Waals surface area contributed by atoms with Crippen molar-refractivity contribution in [3.8, 4) is 0 Å². The fourth-order valence-corrected chi connectivity index (χ4v) is 2.66. The monoisotopic (exact) mass is 277 g/mol. The van der Waals surface area contributed by atoms with E-state index in [-0.39, 0.29) is 11.8 Å². The first-order valence-electron chi connectivity index (χ1n) is 7.27. The third kappa shape index (κ3) is 3.58. The molecule has 1 aromatic rings. The van der Waals surface area contributed by atoms with Crippen LogP contribution in [0.3, 0.4) is 0 Å². The van der Waals surface area contributed by atoms with Crippen LogP contribution in [0.4, 0.5) is 0 Å². The average molecular weight is 277 g/mol. The Hall–Kier alpha value is -1.39. The Morgan fingerprint density at radius 1 is 1.45 bits per heavy atom. The SMILES string of the molecule is CCOC(O)C1CCN(C(=O)c2cccc(C)c2)CC1. The molecule has 4 heteroatoms. The van der Waals surface area contributed by atoms with Crippen molar-refractivity contribution < 1.29 is 14.6 Å². The smallest absolute Gasteiger partial charge is 0.253 e. The van der Waals surface area contributed by atoms with Gasteiger partial charge in [-0.05, 0) is 38.8 Å². The minimum atomic E-state index is -0.698. The van der Waals surface area contributed by atoms with Gasteiger partial charge >= 0.3 is 0 Å². The number of aliphatic hydroxyl groups excluding tert-OH is 1.